The van der Waals surface area contributed by atoms with Gasteiger partial charge in [-0.25, -0.2) is 9.97 Å². The first-order chi connectivity index (χ1) is 23.8. The highest BCUT2D eigenvalue weighted by molar-refractivity contribution is 6.26. The summed E-state index contributed by atoms with van der Waals surface area (Å²) in [5.74, 6) is 0.719. The molecule has 0 N–H and O–H groups in total. The van der Waals surface area contributed by atoms with Crippen LogP contribution >= 0.6 is 0 Å². The Labute approximate surface area is 279 Å². The van der Waals surface area contributed by atoms with Gasteiger partial charge in [0.1, 0.15) is 0 Å². The zero-order valence-corrected chi connectivity index (χ0v) is 26.2. The minimum atomic E-state index is 0.719. The van der Waals surface area contributed by atoms with Crippen LogP contribution in [0.15, 0.2) is 182 Å². The molecule has 0 saturated carbocycles. The Balaban J connectivity index is 1.18. The minimum Gasteiger partial charge on any atom is -0.228 e. The Morgan fingerprint density at radius 1 is 0.229 bits per heavy atom. The topological polar surface area (TPSA) is 25.8 Å². The second-order valence-electron chi connectivity index (χ2n) is 12.2. The summed E-state index contributed by atoms with van der Waals surface area (Å²) in [5.41, 5.74) is 9.72. The van der Waals surface area contributed by atoms with Gasteiger partial charge in [-0.1, -0.05) is 158 Å². The van der Waals surface area contributed by atoms with Crippen molar-refractivity contribution in [3.05, 3.63) is 182 Å². The Bertz CT molecular complexity index is 2510. The first-order valence-electron chi connectivity index (χ1n) is 16.3. The number of hydrogen-bond donors (Lipinski definition) is 0. The molecule has 48 heavy (non-hydrogen) atoms. The fourth-order valence-electron chi connectivity index (χ4n) is 6.87. The number of hydrogen-bond acceptors (Lipinski definition) is 2. The molecule has 1 aromatic heterocycles. The summed E-state index contributed by atoms with van der Waals surface area (Å²) in [6, 6.07) is 64.6. The van der Waals surface area contributed by atoms with Crippen LogP contribution in [-0.4, -0.2) is 9.97 Å². The van der Waals surface area contributed by atoms with Gasteiger partial charge in [-0.15, -0.1) is 0 Å². The summed E-state index contributed by atoms with van der Waals surface area (Å²) in [7, 11) is 0. The van der Waals surface area contributed by atoms with E-state index in [0.717, 1.165) is 39.5 Å². The Kier molecular flexibility index (Phi) is 6.84. The van der Waals surface area contributed by atoms with Gasteiger partial charge in [-0.3, -0.25) is 0 Å². The maximum Gasteiger partial charge on any atom is 0.160 e. The van der Waals surface area contributed by atoms with E-state index in [0.29, 0.717) is 0 Å². The summed E-state index contributed by atoms with van der Waals surface area (Å²) in [6.07, 6.45) is 0. The standard InChI is InChI=1S/C46H30N2/c1-4-13-31(14-5-1)35-23-25-40-41-26-24-36(29-43(41)39-22-11-10-21-38(39)42(40)28-35)34-19-12-20-37(27-34)45-30-44(32-15-6-2-7-16-32)47-46(48-45)33-17-8-3-9-18-33/h1-30H. The van der Waals surface area contributed by atoms with Crippen LogP contribution in [0.3, 0.4) is 0 Å². The molecule has 0 unspecified atom stereocenters. The van der Waals surface area contributed by atoms with Crippen LogP contribution in [0.25, 0.3) is 88.5 Å². The van der Waals surface area contributed by atoms with Crippen LogP contribution in [0.5, 0.6) is 0 Å². The molecular weight excluding hydrogens is 581 g/mol. The van der Waals surface area contributed by atoms with Gasteiger partial charge >= 0.3 is 0 Å². The van der Waals surface area contributed by atoms with E-state index in [4.69, 9.17) is 9.97 Å². The van der Waals surface area contributed by atoms with Crippen molar-refractivity contribution in [1.82, 2.24) is 9.97 Å². The Hall–Kier alpha value is -6.38. The summed E-state index contributed by atoms with van der Waals surface area (Å²) < 4.78 is 0. The minimum absolute atomic E-state index is 0.719. The van der Waals surface area contributed by atoms with Crippen LogP contribution in [0.4, 0.5) is 0 Å². The normalized spacial score (nSPS) is 11.3. The van der Waals surface area contributed by atoms with E-state index < -0.39 is 0 Å². The molecule has 0 radical (unpaired) electrons. The van der Waals surface area contributed by atoms with E-state index in [-0.39, 0.29) is 0 Å². The highest BCUT2D eigenvalue weighted by Crippen LogP contribution is 2.39. The van der Waals surface area contributed by atoms with Crippen LogP contribution in [0, 0.1) is 0 Å². The molecule has 2 nitrogen and oxygen atoms in total. The van der Waals surface area contributed by atoms with Crippen molar-refractivity contribution in [2.45, 2.75) is 0 Å². The van der Waals surface area contributed by atoms with Crippen molar-refractivity contribution in [1.29, 1.82) is 0 Å². The molecule has 224 valence electrons. The largest absolute Gasteiger partial charge is 0.228 e. The molecule has 0 atom stereocenters. The molecule has 0 spiro atoms. The van der Waals surface area contributed by atoms with E-state index >= 15 is 0 Å². The second kappa shape index (κ2) is 11.8. The summed E-state index contributed by atoms with van der Waals surface area (Å²) >= 11 is 0. The van der Waals surface area contributed by atoms with Gasteiger partial charge in [0.25, 0.3) is 0 Å². The second-order valence-corrected chi connectivity index (χ2v) is 12.2. The van der Waals surface area contributed by atoms with Crippen molar-refractivity contribution in [3.63, 3.8) is 0 Å². The van der Waals surface area contributed by atoms with Crippen LogP contribution < -0.4 is 0 Å². The molecule has 1 heterocycles. The van der Waals surface area contributed by atoms with Gasteiger partial charge in [0.2, 0.25) is 0 Å². The van der Waals surface area contributed by atoms with Crippen LogP contribution in [0.1, 0.15) is 0 Å². The maximum absolute atomic E-state index is 5.08. The lowest BCUT2D eigenvalue weighted by Crippen LogP contribution is -1.96. The third-order valence-electron chi connectivity index (χ3n) is 9.26. The van der Waals surface area contributed by atoms with Gasteiger partial charge < -0.3 is 0 Å². The molecule has 9 aromatic rings. The average molecular weight is 611 g/mol. The molecule has 9 rings (SSSR count). The van der Waals surface area contributed by atoms with E-state index in [1.807, 2.05) is 24.3 Å². The lowest BCUT2D eigenvalue weighted by molar-refractivity contribution is 1.18. The Morgan fingerprint density at radius 2 is 0.646 bits per heavy atom. The molecule has 0 amide bonds. The van der Waals surface area contributed by atoms with Gasteiger partial charge in [-0.2, -0.15) is 0 Å². The quantitative estimate of drug-likeness (QED) is 0.181. The molecule has 0 aliphatic rings. The van der Waals surface area contributed by atoms with E-state index in [1.54, 1.807) is 0 Å². The van der Waals surface area contributed by atoms with Gasteiger partial charge in [0, 0.05) is 16.7 Å². The summed E-state index contributed by atoms with van der Waals surface area (Å²) in [6.45, 7) is 0. The highest BCUT2D eigenvalue weighted by Gasteiger charge is 2.14. The summed E-state index contributed by atoms with van der Waals surface area (Å²) in [5, 5.41) is 7.60. The third-order valence-corrected chi connectivity index (χ3v) is 9.26. The first kappa shape index (κ1) is 27.9. The van der Waals surface area contributed by atoms with Crippen molar-refractivity contribution < 1.29 is 0 Å². The molecule has 0 aliphatic heterocycles. The first-order valence-corrected chi connectivity index (χ1v) is 16.3. The monoisotopic (exact) mass is 610 g/mol. The number of aromatic nitrogens is 2. The zero-order valence-electron chi connectivity index (χ0n) is 26.2. The SMILES string of the molecule is c1ccc(-c2ccc3c4ccc(-c5cccc(-c6cc(-c7ccccc7)nc(-c7ccccc7)n6)c5)cc4c4ccccc4c3c2)cc1. The molecule has 8 aromatic carbocycles. The smallest absolute Gasteiger partial charge is 0.160 e. The van der Waals surface area contributed by atoms with Gasteiger partial charge in [-0.05, 0) is 78.8 Å². The summed E-state index contributed by atoms with van der Waals surface area (Å²) in [4.78, 5) is 10.1. The van der Waals surface area contributed by atoms with Crippen molar-refractivity contribution in [2.24, 2.45) is 0 Å². The fourth-order valence-corrected chi connectivity index (χ4v) is 6.87. The van der Waals surface area contributed by atoms with E-state index in [9.17, 15) is 0 Å². The number of rotatable bonds is 5. The molecule has 2 heteroatoms. The van der Waals surface area contributed by atoms with Crippen molar-refractivity contribution in [3.8, 4) is 56.2 Å². The van der Waals surface area contributed by atoms with Crippen molar-refractivity contribution >= 4 is 32.3 Å². The Morgan fingerprint density at radius 3 is 1.25 bits per heavy atom. The predicted molar refractivity (Wildman–Crippen MR) is 202 cm³/mol. The van der Waals surface area contributed by atoms with Crippen molar-refractivity contribution in [2.75, 3.05) is 0 Å². The lowest BCUT2D eigenvalue weighted by atomic mass is 9.90. The lowest BCUT2D eigenvalue weighted by Gasteiger charge is -2.14. The maximum atomic E-state index is 5.08. The number of nitrogens with zero attached hydrogens (tertiary/aromatic N) is 2. The van der Waals surface area contributed by atoms with Crippen LogP contribution in [-0.2, 0) is 0 Å². The van der Waals surface area contributed by atoms with Gasteiger partial charge in [0.05, 0.1) is 11.4 Å². The fraction of sp³-hybridized carbons (Fsp3) is 0. The molecule has 0 fully saturated rings. The van der Waals surface area contributed by atoms with Gasteiger partial charge in [0.15, 0.2) is 5.82 Å². The predicted octanol–water partition coefficient (Wildman–Crippen LogP) is 12.3. The number of fused-ring (bicyclic) bond motifs is 6. The highest BCUT2D eigenvalue weighted by atomic mass is 14.9. The van der Waals surface area contributed by atoms with Crippen LogP contribution in [0.2, 0.25) is 0 Å². The zero-order chi connectivity index (χ0) is 31.9. The molecule has 0 bridgehead atoms. The third kappa shape index (κ3) is 5.01. The van der Waals surface area contributed by atoms with E-state index in [2.05, 4.69) is 158 Å². The average Bonchev–Trinajstić information content (AvgIpc) is 3.18. The molecule has 0 saturated heterocycles. The number of benzene rings is 8. The molecule has 0 aliphatic carbocycles. The van der Waals surface area contributed by atoms with E-state index in [1.165, 1.54) is 49.0 Å². The molecular formula is C46H30N2.